The van der Waals surface area contributed by atoms with Gasteiger partial charge in [0.15, 0.2) is 0 Å². The number of anilines is 3. The van der Waals surface area contributed by atoms with E-state index in [1.54, 1.807) is 14.2 Å². The van der Waals surface area contributed by atoms with Crippen molar-refractivity contribution >= 4 is 38.6 Å². The van der Waals surface area contributed by atoms with Crippen LogP contribution in [-0.4, -0.2) is 19.2 Å². The minimum absolute atomic E-state index is 0.0801. The zero-order valence-corrected chi connectivity index (χ0v) is 37.1. The zero-order chi connectivity index (χ0) is 40.9. The van der Waals surface area contributed by atoms with Gasteiger partial charge in [-0.05, 0) is 114 Å². The fraction of sp³-hybridized carbons (Fsp3) is 0.426. The van der Waals surface area contributed by atoms with Crippen molar-refractivity contribution in [2.45, 2.75) is 135 Å². The van der Waals surface area contributed by atoms with Gasteiger partial charge in [0.1, 0.15) is 16.5 Å². The van der Waals surface area contributed by atoms with E-state index in [1.807, 2.05) is 11.3 Å². The molecule has 0 atom stereocenters. The van der Waals surface area contributed by atoms with E-state index in [4.69, 9.17) is 14.5 Å². The molecule has 4 nitrogen and oxygen atoms in total. The molecule has 0 fully saturated rings. The fourth-order valence-electron chi connectivity index (χ4n) is 9.45. The lowest BCUT2D eigenvalue weighted by Crippen LogP contribution is -2.26. The molecule has 7 rings (SSSR count). The molecule has 0 N–H and O–H groups in total. The van der Waals surface area contributed by atoms with Crippen molar-refractivity contribution in [3.05, 3.63) is 120 Å². The van der Waals surface area contributed by atoms with E-state index >= 15 is 0 Å². The second-order valence-corrected chi connectivity index (χ2v) is 17.8. The molecule has 0 spiro atoms. The first kappa shape index (κ1) is 42.5. The number of thiazole rings is 1. The van der Waals surface area contributed by atoms with Crippen molar-refractivity contribution < 1.29 is 9.47 Å². The summed E-state index contributed by atoms with van der Waals surface area (Å²) in [6.45, 7) is 4.62. The van der Waals surface area contributed by atoms with Gasteiger partial charge < -0.3 is 14.4 Å². The van der Waals surface area contributed by atoms with Crippen molar-refractivity contribution in [3.63, 3.8) is 0 Å². The van der Waals surface area contributed by atoms with Crippen molar-refractivity contribution in [1.82, 2.24) is 4.98 Å². The van der Waals surface area contributed by atoms with Crippen LogP contribution in [0, 0.1) is 0 Å². The molecule has 310 valence electrons. The lowest BCUT2D eigenvalue weighted by Gasteiger charge is -2.34. The first-order valence-electron chi connectivity index (χ1n) is 22.8. The average molecular weight is 807 g/mol. The van der Waals surface area contributed by atoms with Gasteiger partial charge in [-0.3, -0.25) is 0 Å². The highest BCUT2D eigenvalue weighted by Crippen LogP contribution is 2.56. The number of nitrogens with zero attached hydrogens (tertiary/aromatic N) is 2. The predicted octanol–water partition coefficient (Wildman–Crippen LogP) is 16.8. The monoisotopic (exact) mass is 806 g/mol. The highest BCUT2D eigenvalue weighted by Gasteiger charge is 2.43. The summed E-state index contributed by atoms with van der Waals surface area (Å²) in [7, 11) is 3.46. The molecule has 6 aromatic rings. The molecule has 1 heterocycles. The van der Waals surface area contributed by atoms with Crippen LogP contribution in [0.25, 0.3) is 31.9 Å². The van der Waals surface area contributed by atoms with Crippen LogP contribution in [0.15, 0.2) is 109 Å². The third kappa shape index (κ3) is 10.1. The predicted molar refractivity (Wildman–Crippen MR) is 254 cm³/mol. The minimum atomic E-state index is -0.0801. The number of para-hydroxylation sites is 1. The van der Waals surface area contributed by atoms with Crippen molar-refractivity contribution in [2.24, 2.45) is 0 Å². The SMILES string of the molecule is CCCCCCCCCCC1(CCCCCCCCCC)c2cc(-c3nc4ccccc4s3)ccc2-c2ccc(N(c3ccc(OC)cc3)c3ccc(OC)cc3)cc21. The van der Waals surface area contributed by atoms with Crippen molar-refractivity contribution in [2.75, 3.05) is 19.1 Å². The Morgan fingerprint density at radius 3 is 1.51 bits per heavy atom. The molecule has 1 aliphatic carbocycles. The van der Waals surface area contributed by atoms with Gasteiger partial charge in [0.25, 0.3) is 0 Å². The maximum absolute atomic E-state index is 5.59. The van der Waals surface area contributed by atoms with E-state index in [1.165, 1.54) is 141 Å². The van der Waals surface area contributed by atoms with Gasteiger partial charge in [-0.2, -0.15) is 0 Å². The van der Waals surface area contributed by atoms with Gasteiger partial charge in [-0.1, -0.05) is 147 Å². The number of benzene rings is 5. The van der Waals surface area contributed by atoms with E-state index in [-0.39, 0.29) is 5.41 Å². The lowest BCUT2D eigenvalue weighted by molar-refractivity contribution is 0.397. The summed E-state index contributed by atoms with van der Waals surface area (Å²) in [5, 5.41) is 1.11. The quantitative estimate of drug-likeness (QED) is 0.0571. The maximum Gasteiger partial charge on any atom is 0.124 e. The zero-order valence-electron chi connectivity index (χ0n) is 36.2. The number of fused-ring (bicyclic) bond motifs is 4. The highest BCUT2D eigenvalue weighted by atomic mass is 32.1. The summed E-state index contributed by atoms with van der Waals surface area (Å²) < 4.78 is 12.4. The summed E-state index contributed by atoms with van der Waals surface area (Å²) in [4.78, 5) is 7.56. The van der Waals surface area contributed by atoms with Gasteiger partial charge in [0.05, 0.1) is 24.4 Å². The van der Waals surface area contributed by atoms with Crippen LogP contribution in [0.3, 0.4) is 0 Å². The second kappa shape index (κ2) is 21.1. The van der Waals surface area contributed by atoms with Gasteiger partial charge >= 0.3 is 0 Å². The minimum Gasteiger partial charge on any atom is -0.497 e. The smallest absolute Gasteiger partial charge is 0.124 e. The van der Waals surface area contributed by atoms with Crippen LogP contribution >= 0.6 is 11.3 Å². The maximum atomic E-state index is 5.59. The Balaban J connectivity index is 1.30. The number of unbranched alkanes of at least 4 members (excludes halogenated alkanes) is 14. The van der Waals surface area contributed by atoms with E-state index in [9.17, 15) is 0 Å². The third-order valence-electron chi connectivity index (χ3n) is 12.7. The Kier molecular flexibility index (Phi) is 15.2. The second-order valence-electron chi connectivity index (χ2n) is 16.7. The van der Waals surface area contributed by atoms with Crippen molar-refractivity contribution in [3.8, 4) is 33.2 Å². The largest absolute Gasteiger partial charge is 0.497 e. The molecule has 0 aliphatic heterocycles. The molecule has 59 heavy (non-hydrogen) atoms. The molecule has 0 amide bonds. The Bertz CT molecular complexity index is 2100. The van der Waals surface area contributed by atoms with E-state index < -0.39 is 0 Å². The molecule has 1 aliphatic rings. The summed E-state index contributed by atoms with van der Waals surface area (Å²) in [6.07, 6.45) is 23.5. The van der Waals surface area contributed by atoms with Crippen LogP contribution in [0.4, 0.5) is 17.1 Å². The summed E-state index contributed by atoms with van der Waals surface area (Å²) in [5.41, 5.74) is 11.4. The van der Waals surface area contributed by atoms with Crippen LogP contribution in [-0.2, 0) is 5.41 Å². The Morgan fingerprint density at radius 2 is 0.983 bits per heavy atom. The first-order chi connectivity index (χ1) is 29.1. The number of aromatic nitrogens is 1. The highest BCUT2D eigenvalue weighted by molar-refractivity contribution is 7.21. The van der Waals surface area contributed by atoms with Crippen LogP contribution in [0.1, 0.15) is 141 Å². The van der Waals surface area contributed by atoms with Gasteiger partial charge in [-0.15, -0.1) is 11.3 Å². The van der Waals surface area contributed by atoms with Crippen LogP contribution in [0.5, 0.6) is 11.5 Å². The molecule has 5 heteroatoms. The molecule has 0 saturated heterocycles. The summed E-state index contributed by atoms with van der Waals surface area (Å²) in [5.74, 6) is 1.71. The molecule has 0 saturated carbocycles. The lowest BCUT2D eigenvalue weighted by atomic mass is 9.70. The topological polar surface area (TPSA) is 34.6 Å². The van der Waals surface area contributed by atoms with Gasteiger partial charge in [-0.25, -0.2) is 4.98 Å². The van der Waals surface area contributed by atoms with E-state index in [2.05, 4.69) is 128 Å². The normalized spacial score (nSPS) is 12.7. The number of ether oxygens (including phenoxy) is 2. The molecule has 0 unspecified atom stereocenters. The summed E-state index contributed by atoms with van der Waals surface area (Å²) in [6, 6.07) is 40.1. The molecule has 1 aromatic heterocycles. The summed E-state index contributed by atoms with van der Waals surface area (Å²) >= 11 is 1.82. The Labute approximate surface area is 359 Å². The van der Waals surface area contributed by atoms with Gasteiger partial charge in [0, 0.05) is 28.0 Å². The van der Waals surface area contributed by atoms with E-state index in [0.717, 1.165) is 46.2 Å². The number of hydrogen-bond donors (Lipinski definition) is 0. The van der Waals surface area contributed by atoms with Crippen LogP contribution < -0.4 is 14.4 Å². The third-order valence-corrected chi connectivity index (χ3v) is 13.8. The van der Waals surface area contributed by atoms with Crippen LogP contribution in [0.2, 0.25) is 0 Å². The molecular weight excluding hydrogens is 741 g/mol. The number of rotatable bonds is 24. The van der Waals surface area contributed by atoms with Gasteiger partial charge in [0.2, 0.25) is 0 Å². The van der Waals surface area contributed by atoms with Crippen molar-refractivity contribution in [1.29, 1.82) is 0 Å². The molecular formula is C54H66N2O2S. The number of hydrogen-bond acceptors (Lipinski definition) is 5. The number of methoxy groups -OCH3 is 2. The Morgan fingerprint density at radius 1 is 0.508 bits per heavy atom. The molecule has 5 aromatic carbocycles. The standard InChI is InChI=1S/C54H66N2O2S/c1-5-7-9-11-13-15-17-21-37-54(38-22-18-16-14-12-10-8-6-2)49-39-41(53-55-51-23-19-20-24-52(51)59-53)25-35-47(49)48-36-30-44(40-50(48)54)56(42-26-31-45(57-3)32-27-42)43-28-33-46(58-4)34-29-43/h19-20,23-36,39-40H,5-18,21-22,37-38H2,1-4H3. The fourth-order valence-corrected chi connectivity index (χ4v) is 10.4. The Hall–Kier alpha value is -4.61. The first-order valence-corrected chi connectivity index (χ1v) is 23.6. The average Bonchev–Trinajstić information content (AvgIpc) is 3.83. The van der Waals surface area contributed by atoms with E-state index in [0.29, 0.717) is 0 Å². The molecule has 0 radical (unpaired) electrons. The molecule has 0 bridgehead atoms.